The second-order valence-electron chi connectivity index (χ2n) is 6.98. The maximum atomic E-state index is 12.4. The fourth-order valence-corrected chi connectivity index (χ4v) is 3.56. The van der Waals surface area contributed by atoms with Gasteiger partial charge in [0.05, 0.1) is 0 Å². The van der Waals surface area contributed by atoms with Gasteiger partial charge in [-0.25, -0.2) is 4.79 Å². The SMILES string of the molecule is O=C(/C=C/c1cc(Br)ccc1OCc1ccccc1Cl)N[C@H](Cc1ccccc1)C(=O)O. The number of benzene rings is 3. The monoisotopic (exact) mass is 513 g/mol. The molecule has 32 heavy (non-hydrogen) atoms. The Hall–Kier alpha value is -3.09. The van der Waals surface area contributed by atoms with Crippen LogP contribution in [0.4, 0.5) is 0 Å². The van der Waals surface area contributed by atoms with E-state index in [4.69, 9.17) is 16.3 Å². The van der Waals surface area contributed by atoms with E-state index in [2.05, 4.69) is 21.2 Å². The number of carbonyl (C=O) groups is 2. The van der Waals surface area contributed by atoms with Crippen LogP contribution < -0.4 is 10.1 Å². The smallest absolute Gasteiger partial charge is 0.326 e. The van der Waals surface area contributed by atoms with Crippen LogP contribution in [-0.2, 0) is 22.6 Å². The zero-order chi connectivity index (χ0) is 22.9. The second kappa shape index (κ2) is 11.5. The molecule has 0 fully saturated rings. The Morgan fingerprint density at radius 2 is 1.78 bits per heavy atom. The number of hydrogen-bond acceptors (Lipinski definition) is 3. The standard InChI is InChI=1S/C25H21BrClNO4/c26-20-11-12-23(32-16-19-8-4-5-9-21(19)27)18(15-20)10-13-24(29)28-22(25(30)31)14-17-6-2-1-3-7-17/h1-13,15,22H,14,16H2,(H,28,29)(H,30,31)/b13-10+/t22-/m1/s1. The van der Waals surface area contributed by atoms with Gasteiger partial charge >= 0.3 is 5.97 Å². The number of halogens is 2. The number of ether oxygens (including phenoxy) is 1. The highest BCUT2D eigenvalue weighted by atomic mass is 79.9. The number of carboxylic acids is 1. The van der Waals surface area contributed by atoms with Crippen LogP contribution in [0.5, 0.6) is 5.75 Å². The normalized spacial score (nSPS) is 11.8. The summed E-state index contributed by atoms with van der Waals surface area (Å²) in [4.78, 5) is 24.0. The van der Waals surface area contributed by atoms with E-state index in [1.807, 2.05) is 60.7 Å². The van der Waals surface area contributed by atoms with Crippen molar-refractivity contribution in [3.05, 3.63) is 105 Å². The Morgan fingerprint density at radius 1 is 1.06 bits per heavy atom. The largest absolute Gasteiger partial charge is 0.488 e. The lowest BCUT2D eigenvalue weighted by atomic mass is 10.1. The van der Waals surface area contributed by atoms with Crippen LogP contribution in [0.1, 0.15) is 16.7 Å². The van der Waals surface area contributed by atoms with Gasteiger partial charge in [0.15, 0.2) is 0 Å². The Balaban J connectivity index is 1.69. The molecule has 3 rings (SSSR count). The van der Waals surface area contributed by atoms with Gasteiger partial charge in [-0.1, -0.05) is 76.1 Å². The summed E-state index contributed by atoms with van der Waals surface area (Å²) in [7, 11) is 0. The highest BCUT2D eigenvalue weighted by Crippen LogP contribution is 2.26. The zero-order valence-corrected chi connectivity index (χ0v) is 19.3. The van der Waals surface area contributed by atoms with Gasteiger partial charge in [-0.3, -0.25) is 4.79 Å². The number of rotatable bonds is 9. The Bertz CT molecular complexity index is 1120. The summed E-state index contributed by atoms with van der Waals surface area (Å²) in [6.45, 7) is 0.270. The van der Waals surface area contributed by atoms with E-state index in [0.29, 0.717) is 16.3 Å². The van der Waals surface area contributed by atoms with E-state index in [1.54, 1.807) is 18.2 Å². The molecule has 0 radical (unpaired) electrons. The van der Waals surface area contributed by atoms with E-state index in [0.717, 1.165) is 15.6 Å². The molecule has 0 aliphatic rings. The van der Waals surface area contributed by atoms with Crippen molar-refractivity contribution in [3.63, 3.8) is 0 Å². The fourth-order valence-electron chi connectivity index (χ4n) is 2.99. The lowest BCUT2D eigenvalue weighted by Gasteiger charge is -2.13. The van der Waals surface area contributed by atoms with Crippen molar-refractivity contribution >= 4 is 45.5 Å². The molecule has 164 valence electrons. The molecule has 1 amide bonds. The molecule has 0 unspecified atom stereocenters. The number of aliphatic carboxylic acids is 1. The molecule has 0 spiro atoms. The summed E-state index contributed by atoms with van der Waals surface area (Å²) >= 11 is 9.61. The zero-order valence-electron chi connectivity index (χ0n) is 17.0. The van der Waals surface area contributed by atoms with Crippen molar-refractivity contribution in [2.75, 3.05) is 0 Å². The lowest BCUT2D eigenvalue weighted by Crippen LogP contribution is -2.41. The van der Waals surface area contributed by atoms with Crippen LogP contribution in [0.25, 0.3) is 6.08 Å². The van der Waals surface area contributed by atoms with Gasteiger partial charge in [0, 0.05) is 33.1 Å². The first-order chi connectivity index (χ1) is 15.4. The molecule has 3 aromatic carbocycles. The highest BCUT2D eigenvalue weighted by Gasteiger charge is 2.19. The molecule has 0 heterocycles. The number of amides is 1. The number of carboxylic acid groups (broad SMARTS) is 1. The quantitative estimate of drug-likeness (QED) is 0.369. The molecule has 5 nitrogen and oxygen atoms in total. The molecule has 0 aromatic heterocycles. The molecule has 0 bridgehead atoms. The minimum Gasteiger partial charge on any atom is -0.488 e. The molecule has 1 atom stereocenters. The van der Waals surface area contributed by atoms with Crippen molar-refractivity contribution in [2.24, 2.45) is 0 Å². The average molecular weight is 515 g/mol. The predicted octanol–water partition coefficient (Wildman–Crippen LogP) is 5.51. The summed E-state index contributed by atoms with van der Waals surface area (Å²) < 4.78 is 6.72. The van der Waals surface area contributed by atoms with Crippen LogP contribution in [0.3, 0.4) is 0 Å². The first kappa shape index (κ1) is 23.6. The van der Waals surface area contributed by atoms with Gasteiger partial charge in [-0.05, 0) is 35.9 Å². The topological polar surface area (TPSA) is 75.6 Å². The van der Waals surface area contributed by atoms with Gasteiger partial charge in [0.25, 0.3) is 0 Å². The summed E-state index contributed by atoms with van der Waals surface area (Å²) in [5, 5.41) is 12.6. The van der Waals surface area contributed by atoms with Crippen molar-refractivity contribution in [2.45, 2.75) is 19.1 Å². The van der Waals surface area contributed by atoms with Crippen molar-refractivity contribution in [1.82, 2.24) is 5.32 Å². The average Bonchev–Trinajstić information content (AvgIpc) is 2.78. The number of carbonyl (C=O) groups excluding carboxylic acids is 1. The van der Waals surface area contributed by atoms with Crippen LogP contribution in [-0.4, -0.2) is 23.0 Å². The third-order valence-electron chi connectivity index (χ3n) is 4.62. The lowest BCUT2D eigenvalue weighted by molar-refractivity contribution is -0.141. The van der Waals surface area contributed by atoms with Gasteiger partial charge in [-0.15, -0.1) is 0 Å². The van der Waals surface area contributed by atoms with Crippen LogP contribution in [0, 0.1) is 0 Å². The minimum atomic E-state index is -1.10. The third kappa shape index (κ3) is 6.97. The second-order valence-corrected chi connectivity index (χ2v) is 8.31. The first-order valence-electron chi connectivity index (χ1n) is 9.83. The van der Waals surface area contributed by atoms with Gasteiger partial charge in [0.2, 0.25) is 5.91 Å². The maximum absolute atomic E-state index is 12.4. The van der Waals surface area contributed by atoms with Gasteiger partial charge < -0.3 is 15.2 Å². The molecule has 7 heteroatoms. The van der Waals surface area contributed by atoms with E-state index in [-0.39, 0.29) is 13.0 Å². The molecule has 0 aliphatic carbocycles. The predicted molar refractivity (Wildman–Crippen MR) is 129 cm³/mol. The summed E-state index contributed by atoms with van der Waals surface area (Å²) in [6, 6.07) is 20.9. The minimum absolute atomic E-state index is 0.193. The molecule has 0 aliphatic heterocycles. The van der Waals surface area contributed by atoms with Crippen molar-refractivity contribution in [1.29, 1.82) is 0 Å². The van der Waals surface area contributed by atoms with E-state index < -0.39 is 17.9 Å². The van der Waals surface area contributed by atoms with Crippen LogP contribution in [0.15, 0.2) is 83.3 Å². The van der Waals surface area contributed by atoms with Crippen LogP contribution in [0.2, 0.25) is 5.02 Å². The summed E-state index contributed by atoms with van der Waals surface area (Å²) in [5.74, 6) is -1.04. The highest BCUT2D eigenvalue weighted by molar-refractivity contribution is 9.10. The molecule has 0 saturated carbocycles. The first-order valence-corrected chi connectivity index (χ1v) is 11.0. The summed E-state index contributed by atoms with van der Waals surface area (Å²) in [6.07, 6.45) is 3.08. The number of hydrogen-bond donors (Lipinski definition) is 2. The molecule has 2 N–H and O–H groups in total. The van der Waals surface area contributed by atoms with E-state index in [9.17, 15) is 14.7 Å². The number of nitrogens with one attached hydrogen (secondary N) is 1. The van der Waals surface area contributed by atoms with Crippen molar-refractivity contribution in [3.8, 4) is 5.75 Å². The van der Waals surface area contributed by atoms with E-state index >= 15 is 0 Å². The maximum Gasteiger partial charge on any atom is 0.326 e. The van der Waals surface area contributed by atoms with Gasteiger partial charge in [-0.2, -0.15) is 0 Å². The molecule has 0 saturated heterocycles. The van der Waals surface area contributed by atoms with Crippen molar-refractivity contribution < 1.29 is 19.4 Å². The fraction of sp³-hybridized carbons (Fsp3) is 0.120. The Morgan fingerprint density at radius 3 is 2.50 bits per heavy atom. The van der Waals surface area contributed by atoms with Crippen LogP contribution >= 0.6 is 27.5 Å². The Kier molecular flexibility index (Phi) is 8.48. The molecular formula is C25H21BrClNO4. The van der Waals surface area contributed by atoms with Gasteiger partial charge in [0.1, 0.15) is 18.4 Å². The third-order valence-corrected chi connectivity index (χ3v) is 5.49. The molecular weight excluding hydrogens is 494 g/mol. The molecule has 3 aromatic rings. The summed E-state index contributed by atoms with van der Waals surface area (Å²) in [5.41, 5.74) is 2.33. The Labute approximate surface area is 199 Å². The van der Waals surface area contributed by atoms with E-state index in [1.165, 1.54) is 6.08 Å².